The highest BCUT2D eigenvalue weighted by atomic mass is 16.6. The normalized spacial score (nSPS) is 33.1. The lowest BCUT2D eigenvalue weighted by Crippen LogP contribution is -2.56. The highest BCUT2D eigenvalue weighted by molar-refractivity contribution is 6.26. The Morgan fingerprint density at radius 2 is 1.00 bits per heavy atom. The molecule has 6 heterocycles. The number of rotatable bonds is 12. The molecule has 2 aliphatic carbocycles. The van der Waals surface area contributed by atoms with E-state index in [4.69, 9.17) is 41.9 Å². The van der Waals surface area contributed by atoms with Crippen LogP contribution in [-0.2, 0) is 47.7 Å². The van der Waals surface area contributed by atoms with Crippen LogP contribution < -0.4 is 22.9 Å². The van der Waals surface area contributed by atoms with Gasteiger partial charge in [0.15, 0.2) is 11.4 Å². The number of fused-ring (bicyclic) bond motifs is 8. The molecule has 20 nitrogen and oxygen atoms in total. The number of carbonyl (C=O) groups is 8. The molecule has 8 rings (SSSR count). The number of allylic oxidation sites excluding steroid dienone is 4. The van der Waals surface area contributed by atoms with Crippen molar-refractivity contribution < 1.29 is 57.3 Å². The third-order valence-corrected chi connectivity index (χ3v) is 13.2. The van der Waals surface area contributed by atoms with Crippen LogP contribution in [0.1, 0.15) is 46.0 Å². The van der Waals surface area contributed by atoms with Crippen LogP contribution in [0.4, 0.5) is 9.59 Å². The number of Topliss-reactive ketones (excluding diaryl/α,β-unsaturated/α-hetero) is 4. The van der Waals surface area contributed by atoms with Crippen LogP contribution in [0.15, 0.2) is 45.1 Å². The molecule has 8 atom stereocenters. The van der Waals surface area contributed by atoms with Gasteiger partial charge in [-0.25, -0.2) is 9.59 Å². The number of unbranched alkanes of at least 4 members (excludes halogenated alkanes) is 2. The van der Waals surface area contributed by atoms with Crippen LogP contribution in [0.5, 0.6) is 0 Å². The zero-order chi connectivity index (χ0) is 41.2. The molecule has 8 N–H and O–H groups in total. The lowest BCUT2D eigenvalue weighted by Gasteiger charge is -2.41. The second-order valence-corrected chi connectivity index (χ2v) is 15.6. The molecule has 0 aromatic heterocycles. The summed E-state index contributed by atoms with van der Waals surface area (Å²) in [5.74, 6) is -4.20. The number of methoxy groups -OCH3 is 2. The summed E-state index contributed by atoms with van der Waals surface area (Å²) >= 11 is 0. The van der Waals surface area contributed by atoms with E-state index < -0.39 is 70.7 Å². The number of nitrogens with two attached hydrogens (primary N) is 4. The van der Waals surface area contributed by atoms with E-state index in [-0.39, 0.29) is 108 Å². The van der Waals surface area contributed by atoms with Gasteiger partial charge in [0.05, 0.1) is 46.7 Å². The quantitative estimate of drug-likeness (QED) is 0.0957. The van der Waals surface area contributed by atoms with E-state index in [1.165, 1.54) is 28.1 Å². The highest BCUT2D eigenvalue weighted by Crippen LogP contribution is 2.61. The smallest absolute Gasteiger partial charge is 0.404 e. The average Bonchev–Trinajstić information content (AvgIpc) is 3.91. The predicted molar refractivity (Wildman–Crippen MR) is 191 cm³/mol. The van der Waals surface area contributed by atoms with Gasteiger partial charge >= 0.3 is 12.2 Å². The van der Waals surface area contributed by atoms with Crippen molar-refractivity contribution in [3.8, 4) is 0 Å². The fourth-order valence-corrected chi connectivity index (χ4v) is 10.6. The molecule has 0 saturated carbocycles. The van der Waals surface area contributed by atoms with Crippen molar-refractivity contribution in [3.05, 3.63) is 45.1 Å². The lowest BCUT2D eigenvalue weighted by molar-refractivity contribution is -0.153. The average molecular weight is 793 g/mol. The van der Waals surface area contributed by atoms with E-state index in [0.29, 0.717) is 19.3 Å². The van der Waals surface area contributed by atoms with Gasteiger partial charge in [0.2, 0.25) is 34.9 Å². The van der Waals surface area contributed by atoms with Crippen molar-refractivity contribution in [2.75, 3.05) is 40.5 Å². The summed E-state index contributed by atoms with van der Waals surface area (Å²) in [6.45, 7) is 2.64. The van der Waals surface area contributed by atoms with Crippen molar-refractivity contribution in [2.45, 2.75) is 81.6 Å². The zero-order valence-electron chi connectivity index (χ0n) is 31.8. The van der Waals surface area contributed by atoms with Crippen LogP contribution in [0.3, 0.4) is 0 Å². The number of amides is 4. The van der Waals surface area contributed by atoms with Crippen LogP contribution in [0.25, 0.3) is 0 Å². The van der Waals surface area contributed by atoms with E-state index in [1.54, 1.807) is 19.6 Å². The number of ketones is 4. The van der Waals surface area contributed by atoms with Crippen molar-refractivity contribution >= 4 is 47.1 Å². The van der Waals surface area contributed by atoms with Crippen molar-refractivity contribution in [1.82, 2.24) is 19.6 Å². The molecule has 4 fully saturated rings. The molecule has 0 aromatic rings. The van der Waals surface area contributed by atoms with Gasteiger partial charge in [-0.05, 0) is 26.7 Å². The largest absolute Gasteiger partial charge is 0.449 e. The maximum Gasteiger partial charge on any atom is 0.404 e. The van der Waals surface area contributed by atoms with Crippen molar-refractivity contribution in [1.29, 1.82) is 0 Å². The van der Waals surface area contributed by atoms with Crippen molar-refractivity contribution in [2.24, 2.45) is 34.8 Å². The molecular formula is C37H44N8O12. The molecule has 8 aliphatic rings. The van der Waals surface area contributed by atoms with E-state index in [2.05, 4.69) is 0 Å². The minimum Gasteiger partial charge on any atom is -0.449 e. The van der Waals surface area contributed by atoms with Gasteiger partial charge in [0.25, 0.3) is 0 Å². The molecule has 0 spiro atoms. The SMILES string of the molecule is CO[C@@]12[C@H](COC(N)=O)C3=C(C(=O)C(C)=C(N)C3=O)N1C[C@H]1[C@@H]2N1C(=O)CCCCCC(=O)N1[C@H]2[C@@H]1CN1C3=C(C(=O)C(N)=C(C)C3=O)[C@@H](COC(N)=O)[C@@]21OC. The molecule has 4 saturated heterocycles. The molecule has 20 heteroatoms. The van der Waals surface area contributed by atoms with E-state index in [9.17, 15) is 38.4 Å². The second-order valence-electron chi connectivity index (χ2n) is 15.6. The first-order valence-corrected chi connectivity index (χ1v) is 18.7. The Balaban J connectivity index is 0.887. The standard InChI is InChI=1S/C37H44N8O12/c1-14-24(38)30(50)22-16(12-56-34(40)52)36(54-3)32-18(10-42(36)26(22)28(14)48)44(32)20(46)8-6-5-7-9-21(47)45-19-11-43-27-23(31(51)25(39)15(2)29(27)49)17(13-57-35(41)53)37(43,55-4)33(19)45/h16-19,32-33H,5-13,38-39H2,1-4H3,(H2,40,52)(H2,41,53)/t16-,17-,18+,19+,32+,33+,36-,37-,44?,45?/m1/s1. The number of carbonyl (C=O) groups excluding carboxylic acids is 8. The molecule has 4 amide bonds. The summed E-state index contributed by atoms with van der Waals surface area (Å²) < 4.78 is 22.4. The molecule has 0 radical (unpaired) electrons. The van der Waals surface area contributed by atoms with E-state index >= 15 is 0 Å². The summed E-state index contributed by atoms with van der Waals surface area (Å²) in [7, 11) is 2.83. The molecule has 0 aromatic carbocycles. The maximum absolute atomic E-state index is 13.6. The minimum absolute atomic E-state index is 0.0744. The van der Waals surface area contributed by atoms with E-state index in [1.807, 2.05) is 0 Å². The van der Waals surface area contributed by atoms with Gasteiger partial charge < -0.3 is 61.5 Å². The third-order valence-electron chi connectivity index (χ3n) is 13.2. The Hall–Kier alpha value is -5.76. The van der Waals surface area contributed by atoms with Gasteiger partial charge in [-0.1, -0.05) is 6.42 Å². The monoisotopic (exact) mass is 792 g/mol. The fourth-order valence-electron chi connectivity index (χ4n) is 10.6. The summed E-state index contributed by atoms with van der Waals surface area (Å²) in [6, 6.07) is -1.73. The van der Waals surface area contributed by atoms with Crippen LogP contribution >= 0.6 is 0 Å². The van der Waals surface area contributed by atoms with Crippen LogP contribution in [-0.4, -0.2) is 143 Å². The Morgan fingerprint density at radius 1 is 0.632 bits per heavy atom. The first kappa shape index (κ1) is 38.1. The first-order chi connectivity index (χ1) is 27.0. The number of piperazine rings is 2. The van der Waals surface area contributed by atoms with Crippen LogP contribution in [0, 0.1) is 11.8 Å². The van der Waals surface area contributed by atoms with E-state index in [0.717, 1.165) is 0 Å². The Morgan fingerprint density at radius 3 is 1.33 bits per heavy atom. The maximum atomic E-state index is 13.6. The second kappa shape index (κ2) is 12.9. The molecular weight excluding hydrogens is 748 g/mol. The Labute approximate surface area is 325 Å². The first-order valence-electron chi connectivity index (χ1n) is 18.7. The van der Waals surface area contributed by atoms with Gasteiger partial charge in [-0.3, -0.25) is 28.8 Å². The molecule has 0 unspecified atom stereocenters. The summed E-state index contributed by atoms with van der Waals surface area (Å²) in [5.41, 5.74) is 20.1. The van der Waals surface area contributed by atoms with Gasteiger partial charge in [0, 0.05) is 62.4 Å². The number of primary amides is 2. The number of hydrogen-bond acceptors (Lipinski definition) is 16. The Kier molecular flexibility index (Phi) is 8.62. The van der Waals surface area contributed by atoms with Crippen molar-refractivity contribution in [3.63, 3.8) is 0 Å². The molecule has 0 bridgehead atoms. The number of hydrogen-bond donors (Lipinski definition) is 4. The van der Waals surface area contributed by atoms with Gasteiger partial charge in [-0.15, -0.1) is 0 Å². The minimum atomic E-state index is -1.36. The molecule has 304 valence electrons. The van der Waals surface area contributed by atoms with Gasteiger partial charge in [-0.2, -0.15) is 0 Å². The van der Waals surface area contributed by atoms with Gasteiger partial charge in [0.1, 0.15) is 25.3 Å². The highest BCUT2D eigenvalue weighted by Gasteiger charge is 2.78. The summed E-state index contributed by atoms with van der Waals surface area (Å²) in [4.78, 5) is 111. The molecule has 57 heavy (non-hydrogen) atoms. The number of ether oxygens (including phenoxy) is 4. The number of nitrogens with zero attached hydrogens (tertiary/aromatic N) is 4. The Bertz CT molecular complexity index is 1980. The fraction of sp³-hybridized carbons (Fsp3) is 0.568. The molecule has 6 aliphatic heterocycles. The third kappa shape index (κ3) is 4.91. The predicted octanol–water partition coefficient (Wildman–Crippen LogP) is -1.86. The lowest BCUT2D eigenvalue weighted by atomic mass is 9.82. The zero-order valence-corrected chi connectivity index (χ0v) is 31.8. The summed E-state index contributed by atoms with van der Waals surface area (Å²) in [5, 5.41) is 0. The summed E-state index contributed by atoms with van der Waals surface area (Å²) in [6.07, 6.45) is -0.344. The van der Waals surface area contributed by atoms with Crippen LogP contribution in [0.2, 0.25) is 0 Å². The topological polar surface area (TPSA) is 290 Å².